The van der Waals surface area contributed by atoms with Gasteiger partial charge in [-0.1, -0.05) is 13.8 Å². The summed E-state index contributed by atoms with van der Waals surface area (Å²) in [5.41, 5.74) is 0. The van der Waals surface area contributed by atoms with E-state index in [9.17, 15) is 0 Å². The van der Waals surface area contributed by atoms with Crippen molar-refractivity contribution in [1.29, 1.82) is 5.41 Å². The molecule has 0 saturated heterocycles. The number of hydrogen-bond acceptors (Lipinski definition) is 3. The van der Waals surface area contributed by atoms with Crippen LogP contribution in [0.2, 0.25) is 0 Å². The Morgan fingerprint density at radius 1 is 1.06 bits per heavy atom. The summed E-state index contributed by atoms with van der Waals surface area (Å²) >= 11 is 0. The first-order chi connectivity index (χ1) is 7.63. The van der Waals surface area contributed by atoms with Crippen LogP contribution in [0, 0.1) is 11.3 Å². The lowest BCUT2D eigenvalue weighted by atomic mass is 10.2. The summed E-state index contributed by atoms with van der Waals surface area (Å²) in [4.78, 5) is 2.04. The number of nitrogens with zero attached hydrogens (tertiary/aromatic N) is 1. The van der Waals surface area contributed by atoms with E-state index in [4.69, 9.17) is 14.9 Å². The third kappa shape index (κ3) is 6.80. The Balaban J connectivity index is 4.00. The molecule has 0 aliphatic carbocycles. The van der Waals surface area contributed by atoms with E-state index in [0.29, 0.717) is 19.0 Å². The van der Waals surface area contributed by atoms with Gasteiger partial charge in [0.15, 0.2) is 0 Å². The average molecular weight is 230 g/mol. The van der Waals surface area contributed by atoms with E-state index in [1.807, 2.05) is 32.6 Å². The van der Waals surface area contributed by atoms with Crippen molar-refractivity contribution < 1.29 is 9.47 Å². The zero-order valence-electron chi connectivity index (χ0n) is 11.1. The molecule has 16 heavy (non-hydrogen) atoms. The minimum atomic E-state index is 0.253. The standard InChI is InChI=1S/C12H26N2O2/c1-5-15-9-7-14(8-10-16-6-2)12(13)11(3)4/h11,13H,5-10H2,1-4H3. The van der Waals surface area contributed by atoms with Gasteiger partial charge in [-0.05, 0) is 13.8 Å². The number of rotatable bonds is 9. The molecule has 4 nitrogen and oxygen atoms in total. The van der Waals surface area contributed by atoms with Crippen molar-refractivity contribution in [3.05, 3.63) is 0 Å². The van der Waals surface area contributed by atoms with E-state index in [1.54, 1.807) is 0 Å². The van der Waals surface area contributed by atoms with Crippen molar-refractivity contribution in [3.8, 4) is 0 Å². The summed E-state index contributed by atoms with van der Waals surface area (Å²) < 4.78 is 10.6. The molecule has 0 saturated carbocycles. The molecular weight excluding hydrogens is 204 g/mol. The maximum absolute atomic E-state index is 7.99. The van der Waals surface area contributed by atoms with E-state index in [0.717, 1.165) is 26.3 Å². The van der Waals surface area contributed by atoms with Crippen molar-refractivity contribution in [1.82, 2.24) is 4.90 Å². The highest BCUT2D eigenvalue weighted by molar-refractivity contribution is 5.80. The van der Waals surface area contributed by atoms with Gasteiger partial charge in [0.1, 0.15) is 0 Å². The van der Waals surface area contributed by atoms with E-state index in [2.05, 4.69) is 0 Å². The smallest absolute Gasteiger partial charge is 0.0985 e. The lowest BCUT2D eigenvalue weighted by Crippen LogP contribution is -2.38. The minimum Gasteiger partial charge on any atom is -0.380 e. The van der Waals surface area contributed by atoms with Gasteiger partial charge in [-0.3, -0.25) is 5.41 Å². The van der Waals surface area contributed by atoms with Gasteiger partial charge in [-0.2, -0.15) is 0 Å². The molecule has 0 unspecified atom stereocenters. The Morgan fingerprint density at radius 3 is 1.81 bits per heavy atom. The zero-order valence-corrected chi connectivity index (χ0v) is 11.1. The molecule has 1 N–H and O–H groups in total. The monoisotopic (exact) mass is 230 g/mol. The maximum atomic E-state index is 7.99. The molecule has 0 aromatic rings. The van der Waals surface area contributed by atoms with Crippen LogP contribution < -0.4 is 0 Å². The number of ether oxygens (including phenoxy) is 2. The van der Waals surface area contributed by atoms with Gasteiger partial charge in [0, 0.05) is 32.2 Å². The van der Waals surface area contributed by atoms with Gasteiger partial charge in [-0.25, -0.2) is 0 Å². The van der Waals surface area contributed by atoms with Crippen LogP contribution in [0.4, 0.5) is 0 Å². The Hall–Kier alpha value is -0.610. The van der Waals surface area contributed by atoms with E-state index in [-0.39, 0.29) is 5.92 Å². The summed E-state index contributed by atoms with van der Waals surface area (Å²) in [7, 11) is 0. The Morgan fingerprint density at radius 2 is 1.50 bits per heavy atom. The summed E-state index contributed by atoms with van der Waals surface area (Å²) in [5.74, 6) is 0.919. The molecule has 0 atom stereocenters. The Labute approximate surface area is 99.4 Å². The molecule has 0 fully saturated rings. The molecule has 4 heteroatoms. The molecule has 0 spiro atoms. The molecule has 0 rings (SSSR count). The fourth-order valence-electron chi connectivity index (χ4n) is 1.36. The van der Waals surface area contributed by atoms with Gasteiger partial charge in [0.2, 0.25) is 0 Å². The maximum Gasteiger partial charge on any atom is 0.0985 e. The van der Waals surface area contributed by atoms with Crippen LogP contribution in [0.15, 0.2) is 0 Å². The lowest BCUT2D eigenvalue weighted by molar-refractivity contribution is 0.105. The van der Waals surface area contributed by atoms with Crippen LogP contribution in [0.1, 0.15) is 27.7 Å². The van der Waals surface area contributed by atoms with Crippen LogP contribution in [-0.2, 0) is 9.47 Å². The van der Waals surface area contributed by atoms with Crippen LogP contribution in [0.3, 0.4) is 0 Å². The van der Waals surface area contributed by atoms with Crippen LogP contribution in [-0.4, -0.2) is 50.3 Å². The first-order valence-electron chi connectivity index (χ1n) is 6.12. The second-order valence-corrected chi connectivity index (χ2v) is 3.92. The van der Waals surface area contributed by atoms with Gasteiger partial charge >= 0.3 is 0 Å². The average Bonchev–Trinajstić information content (AvgIpc) is 2.26. The predicted octanol–water partition coefficient (Wildman–Crippen LogP) is 1.99. The molecule has 0 aromatic carbocycles. The van der Waals surface area contributed by atoms with E-state index < -0.39 is 0 Å². The van der Waals surface area contributed by atoms with Crippen LogP contribution in [0.5, 0.6) is 0 Å². The number of nitrogens with one attached hydrogen (secondary N) is 1. The molecule has 0 aliphatic heterocycles. The van der Waals surface area contributed by atoms with Gasteiger partial charge in [-0.15, -0.1) is 0 Å². The lowest BCUT2D eigenvalue weighted by Gasteiger charge is -2.27. The third-order valence-electron chi connectivity index (χ3n) is 2.31. The van der Waals surface area contributed by atoms with Crippen molar-refractivity contribution in [2.24, 2.45) is 5.92 Å². The van der Waals surface area contributed by atoms with Crippen molar-refractivity contribution in [2.45, 2.75) is 27.7 Å². The molecule has 0 bridgehead atoms. The van der Waals surface area contributed by atoms with Crippen molar-refractivity contribution >= 4 is 5.84 Å². The normalized spacial score (nSPS) is 10.8. The largest absolute Gasteiger partial charge is 0.380 e. The number of amidine groups is 1. The first-order valence-corrected chi connectivity index (χ1v) is 6.12. The SMILES string of the molecule is CCOCCN(CCOCC)C(=N)C(C)C. The van der Waals surface area contributed by atoms with Gasteiger partial charge in [0.25, 0.3) is 0 Å². The molecule has 96 valence electrons. The fraction of sp³-hybridized carbons (Fsp3) is 0.917. The van der Waals surface area contributed by atoms with E-state index in [1.165, 1.54) is 0 Å². The molecule has 0 amide bonds. The molecule has 0 heterocycles. The first kappa shape index (κ1) is 15.4. The molecule has 0 radical (unpaired) electrons. The predicted molar refractivity (Wildman–Crippen MR) is 67.1 cm³/mol. The molecule has 0 aliphatic rings. The highest BCUT2D eigenvalue weighted by atomic mass is 16.5. The summed E-state index contributed by atoms with van der Waals surface area (Å²) in [6.45, 7) is 12.4. The van der Waals surface area contributed by atoms with Crippen LogP contribution >= 0.6 is 0 Å². The highest BCUT2D eigenvalue weighted by Crippen LogP contribution is 2.02. The second-order valence-electron chi connectivity index (χ2n) is 3.92. The molecular formula is C12H26N2O2. The summed E-state index contributed by atoms with van der Waals surface area (Å²) in [6, 6.07) is 0. The zero-order chi connectivity index (χ0) is 12.4. The fourth-order valence-corrected chi connectivity index (χ4v) is 1.36. The second kappa shape index (κ2) is 9.60. The van der Waals surface area contributed by atoms with Crippen LogP contribution in [0.25, 0.3) is 0 Å². The topological polar surface area (TPSA) is 45.6 Å². The van der Waals surface area contributed by atoms with Crippen molar-refractivity contribution in [2.75, 3.05) is 39.5 Å². The quantitative estimate of drug-likeness (QED) is 0.374. The highest BCUT2D eigenvalue weighted by Gasteiger charge is 2.12. The third-order valence-corrected chi connectivity index (χ3v) is 2.31. The summed E-state index contributed by atoms with van der Waals surface area (Å²) in [6.07, 6.45) is 0. The summed E-state index contributed by atoms with van der Waals surface area (Å²) in [5, 5.41) is 7.99. The molecule has 0 aromatic heterocycles. The van der Waals surface area contributed by atoms with E-state index >= 15 is 0 Å². The van der Waals surface area contributed by atoms with Gasteiger partial charge in [0.05, 0.1) is 19.0 Å². The Bertz CT molecular complexity index is 174. The van der Waals surface area contributed by atoms with Crippen molar-refractivity contribution in [3.63, 3.8) is 0 Å². The Kier molecular flexibility index (Phi) is 9.24. The number of hydrogen-bond donors (Lipinski definition) is 1. The van der Waals surface area contributed by atoms with Gasteiger partial charge < -0.3 is 14.4 Å². The minimum absolute atomic E-state index is 0.253.